The van der Waals surface area contributed by atoms with Crippen LogP contribution in [0.3, 0.4) is 0 Å². The smallest absolute Gasteiger partial charge is 0.274 e. The molecule has 0 spiro atoms. The lowest BCUT2D eigenvalue weighted by Crippen LogP contribution is -2.31. The van der Waals surface area contributed by atoms with E-state index in [0.717, 1.165) is 23.5 Å². The number of hydrogen-bond donors (Lipinski definition) is 0. The molecule has 1 atom stereocenters. The molecule has 3 aromatic heterocycles. The first-order valence-electron chi connectivity index (χ1n) is 8.02. The van der Waals surface area contributed by atoms with E-state index in [4.69, 9.17) is 4.74 Å². The topological polar surface area (TPSA) is 59.7 Å². The number of imidazole rings is 1. The molecule has 0 saturated carbocycles. The van der Waals surface area contributed by atoms with Crippen LogP contribution in [0, 0.1) is 6.92 Å². The van der Waals surface area contributed by atoms with Gasteiger partial charge in [-0.2, -0.15) is 0 Å². The lowest BCUT2D eigenvalue weighted by atomic mass is 10.3. The molecule has 0 bridgehead atoms. The number of ether oxygens (including phenoxy) is 1. The predicted molar refractivity (Wildman–Crippen MR) is 89.1 cm³/mol. The maximum atomic E-state index is 12.9. The molecule has 0 aromatic carbocycles. The molecule has 6 heteroatoms. The largest absolute Gasteiger partial charge is 0.488 e. The number of aromatic nitrogens is 3. The highest BCUT2D eigenvalue weighted by Crippen LogP contribution is 2.21. The lowest BCUT2D eigenvalue weighted by molar-refractivity contribution is 0.0769. The van der Waals surface area contributed by atoms with E-state index in [0.29, 0.717) is 18.8 Å². The Kier molecular flexibility index (Phi) is 3.65. The summed E-state index contributed by atoms with van der Waals surface area (Å²) in [4.78, 5) is 23.1. The molecule has 0 radical (unpaired) electrons. The average molecular weight is 322 g/mol. The molecule has 1 amide bonds. The summed E-state index contributed by atoms with van der Waals surface area (Å²) in [6, 6.07) is 9.44. The van der Waals surface area contributed by atoms with Crippen LogP contribution in [-0.4, -0.2) is 44.4 Å². The van der Waals surface area contributed by atoms with Gasteiger partial charge in [-0.15, -0.1) is 0 Å². The first-order chi connectivity index (χ1) is 11.7. The molecule has 0 N–H and O–H groups in total. The number of carbonyl (C=O) groups excluding carboxylic acids is 1. The molecule has 4 heterocycles. The zero-order valence-corrected chi connectivity index (χ0v) is 13.4. The molecule has 3 aromatic rings. The van der Waals surface area contributed by atoms with E-state index in [1.807, 2.05) is 52.8 Å². The van der Waals surface area contributed by atoms with Crippen molar-refractivity contribution in [3.05, 3.63) is 60.4 Å². The summed E-state index contributed by atoms with van der Waals surface area (Å²) >= 11 is 0. The fourth-order valence-corrected chi connectivity index (χ4v) is 3.12. The zero-order chi connectivity index (χ0) is 16.5. The second kappa shape index (κ2) is 5.96. The standard InChI is InChI=1S/C18H18N4O2/c1-13-20-17(16-4-2-3-10-22(13)16)18(23)21-11-7-15(12-21)24-14-5-8-19-9-6-14/h2-6,8-10,15H,7,11-12H2,1H3/t15-/m1/s1. The van der Waals surface area contributed by atoms with Gasteiger partial charge in [0.15, 0.2) is 5.69 Å². The van der Waals surface area contributed by atoms with Crippen LogP contribution in [0.2, 0.25) is 0 Å². The summed E-state index contributed by atoms with van der Waals surface area (Å²) in [5, 5.41) is 0. The number of amides is 1. The van der Waals surface area contributed by atoms with E-state index in [2.05, 4.69) is 9.97 Å². The Bertz CT molecular complexity index is 875. The Balaban J connectivity index is 1.51. The molecule has 6 nitrogen and oxygen atoms in total. The van der Waals surface area contributed by atoms with E-state index >= 15 is 0 Å². The van der Waals surface area contributed by atoms with Crippen LogP contribution >= 0.6 is 0 Å². The number of rotatable bonds is 3. The normalized spacial score (nSPS) is 17.4. The molecule has 1 aliphatic rings. The van der Waals surface area contributed by atoms with E-state index in [1.165, 1.54) is 0 Å². The molecule has 122 valence electrons. The number of nitrogens with zero attached hydrogens (tertiary/aromatic N) is 4. The molecule has 0 unspecified atom stereocenters. The minimum absolute atomic E-state index is 0.00586. The highest BCUT2D eigenvalue weighted by atomic mass is 16.5. The molecule has 4 rings (SSSR count). The number of carbonyl (C=O) groups is 1. The van der Waals surface area contributed by atoms with Gasteiger partial charge in [-0.3, -0.25) is 9.78 Å². The summed E-state index contributed by atoms with van der Waals surface area (Å²) in [6.07, 6.45) is 6.15. The maximum Gasteiger partial charge on any atom is 0.274 e. The van der Waals surface area contributed by atoms with Gasteiger partial charge >= 0.3 is 0 Å². The monoisotopic (exact) mass is 322 g/mol. The van der Waals surface area contributed by atoms with Crippen LogP contribution in [0.1, 0.15) is 22.7 Å². The second-order valence-corrected chi connectivity index (χ2v) is 5.93. The fourth-order valence-electron chi connectivity index (χ4n) is 3.12. The molecule has 24 heavy (non-hydrogen) atoms. The fraction of sp³-hybridized carbons (Fsp3) is 0.278. The second-order valence-electron chi connectivity index (χ2n) is 5.93. The van der Waals surface area contributed by atoms with Crippen LogP contribution in [0.5, 0.6) is 5.75 Å². The van der Waals surface area contributed by atoms with Crippen LogP contribution in [-0.2, 0) is 0 Å². The van der Waals surface area contributed by atoms with Gasteiger partial charge < -0.3 is 14.0 Å². The number of hydrogen-bond acceptors (Lipinski definition) is 4. The minimum Gasteiger partial charge on any atom is -0.488 e. The van der Waals surface area contributed by atoms with Gasteiger partial charge in [-0.25, -0.2) is 4.98 Å². The number of aryl methyl sites for hydroxylation is 1. The van der Waals surface area contributed by atoms with Crippen molar-refractivity contribution >= 4 is 11.4 Å². The van der Waals surface area contributed by atoms with E-state index < -0.39 is 0 Å². The number of pyridine rings is 2. The van der Waals surface area contributed by atoms with Crippen LogP contribution in [0.15, 0.2) is 48.9 Å². The van der Waals surface area contributed by atoms with Crippen molar-refractivity contribution in [1.82, 2.24) is 19.3 Å². The van der Waals surface area contributed by atoms with Gasteiger partial charge in [-0.05, 0) is 31.2 Å². The van der Waals surface area contributed by atoms with Gasteiger partial charge in [0.2, 0.25) is 0 Å². The summed E-state index contributed by atoms with van der Waals surface area (Å²) in [6.45, 7) is 3.16. The minimum atomic E-state index is -0.0346. The van der Waals surface area contributed by atoms with Crippen molar-refractivity contribution in [2.75, 3.05) is 13.1 Å². The third kappa shape index (κ3) is 2.60. The van der Waals surface area contributed by atoms with E-state index in [-0.39, 0.29) is 12.0 Å². The van der Waals surface area contributed by atoms with Crippen molar-refractivity contribution in [3.63, 3.8) is 0 Å². The molecule has 1 saturated heterocycles. The highest BCUT2D eigenvalue weighted by Gasteiger charge is 2.30. The molecule has 0 aliphatic carbocycles. The Labute approximate surface area is 139 Å². The van der Waals surface area contributed by atoms with Crippen LogP contribution in [0.25, 0.3) is 5.52 Å². The van der Waals surface area contributed by atoms with Gasteiger partial charge in [0.1, 0.15) is 17.7 Å². The van der Waals surface area contributed by atoms with Crippen LogP contribution < -0.4 is 4.74 Å². The highest BCUT2D eigenvalue weighted by molar-refractivity contribution is 5.99. The van der Waals surface area contributed by atoms with Crippen molar-refractivity contribution in [2.24, 2.45) is 0 Å². The molecule has 1 fully saturated rings. The summed E-state index contributed by atoms with van der Waals surface area (Å²) in [5.74, 6) is 1.57. The molecular formula is C18H18N4O2. The van der Waals surface area contributed by atoms with Crippen LogP contribution in [0.4, 0.5) is 0 Å². The number of likely N-dealkylation sites (tertiary alicyclic amines) is 1. The summed E-state index contributed by atoms with van der Waals surface area (Å²) in [5.41, 5.74) is 1.36. The van der Waals surface area contributed by atoms with Crippen molar-refractivity contribution < 1.29 is 9.53 Å². The Morgan fingerprint density at radius 2 is 2.08 bits per heavy atom. The lowest BCUT2D eigenvalue weighted by Gasteiger charge is -2.16. The van der Waals surface area contributed by atoms with Gasteiger partial charge in [0.25, 0.3) is 5.91 Å². The van der Waals surface area contributed by atoms with Gasteiger partial charge in [0.05, 0.1) is 12.1 Å². The first kappa shape index (κ1) is 14.7. The quantitative estimate of drug-likeness (QED) is 0.742. The average Bonchev–Trinajstić information content (AvgIpc) is 3.21. The third-order valence-corrected chi connectivity index (χ3v) is 4.31. The summed E-state index contributed by atoms with van der Waals surface area (Å²) in [7, 11) is 0. The predicted octanol–water partition coefficient (Wildman–Crippen LogP) is 2.33. The van der Waals surface area contributed by atoms with Crippen molar-refractivity contribution in [2.45, 2.75) is 19.4 Å². The Hall–Kier alpha value is -2.89. The van der Waals surface area contributed by atoms with E-state index in [1.54, 1.807) is 12.4 Å². The van der Waals surface area contributed by atoms with Crippen molar-refractivity contribution in [3.8, 4) is 5.75 Å². The molecule has 1 aliphatic heterocycles. The summed E-state index contributed by atoms with van der Waals surface area (Å²) < 4.78 is 7.86. The maximum absolute atomic E-state index is 12.9. The third-order valence-electron chi connectivity index (χ3n) is 4.31. The van der Waals surface area contributed by atoms with Gasteiger partial charge in [0, 0.05) is 31.6 Å². The Morgan fingerprint density at radius 3 is 2.92 bits per heavy atom. The van der Waals surface area contributed by atoms with Crippen molar-refractivity contribution in [1.29, 1.82) is 0 Å². The zero-order valence-electron chi connectivity index (χ0n) is 13.4. The SMILES string of the molecule is Cc1nc(C(=O)N2CC[C@@H](Oc3ccncc3)C2)c2ccccn12. The van der Waals surface area contributed by atoms with Gasteiger partial charge in [-0.1, -0.05) is 6.07 Å². The molecular weight excluding hydrogens is 304 g/mol. The van der Waals surface area contributed by atoms with E-state index in [9.17, 15) is 4.79 Å². The Morgan fingerprint density at radius 1 is 1.25 bits per heavy atom. The first-order valence-corrected chi connectivity index (χ1v) is 8.02. The number of fused-ring (bicyclic) bond motifs is 1.